The van der Waals surface area contributed by atoms with Crippen molar-refractivity contribution in [2.24, 2.45) is 11.8 Å². The quantitative estimate of drug-likeness (QED) is 0.609. The Balaban J connectivity index is 2.26. The molecule has 0 N–H and O–H groups in total. The van der Waals surface area contributed by atoms with E-state index in [4.69, 9.17) is 0 Å². The zero-order valence-corrected chi connectivity index (χ0v) is 8.10. The van der Waals surface area contributed by atoms with Gasteiger partial charge < -0.3 is 0 Å². The van der Waals surface area contributed by atoms with Crippen LogP contribution in [0.25, 0.3) is 0 Å². The Morgan fingerprint density at radius 3 is 2.30 bits per heavy atom. The fraction of sp³-hybridized carbons (Fsp3) is 0.778. The van der Waals surface area contributed by atoms with Crippen molar-refractivity contribution in [1.29, 1.82) is 0 Å². The summed E-state index contributed by atoms with van der Waals surface area (Å²) in [6.45, 7) is 2.36. The molecule has 0 amide bonds. The van der Waals surface area contributed by atoms with Crippen molar-refractivity contribution in [2.45, 2.75) is 32.6 Å². The monoisotopic (exact) mass is 202 g/mol. The Kier molecular flexibility index (Phi) is 3.47. The van der Waals surface area contributed by atoms with E-state index >= 15 is 0 Å². The van der Waals surface area contributed by atoms with Crippen molar-refractivity contribution in [2.75, 3.05) is 0 Å². The molecule has 0 bridgehead atoms. The number of allylic oxidation sites excluding steroid dienone is 1. The minimum absolute atomic E-state index is 0.857. The van der Waals surface area contributed by atoms with Crippen LogP contribution in [0.3, 0.4) is 0 Å². The summed E-state index contributed by atoms with van der Waals surface area (Å²) in [4.78, 5) is 2.01. The topological polar surface area (TPSA) is 0 Å². The third kappa shape index (κ3) is 2.45. The minimum Gasteiger partial charge on any atom is -0.0745 e. The van der Waals surface area contributed by atoms with E-state index in [0.29, 0.717) is 0 Å². The molecular formula is C9H15Br. The molecule has 1 fully saturated rings. The molecule has 0 saturated heterocycles. The average Bonchev–Trinajstić information content (AvgIpc) is 1.95. The molecule has 1 aliphatic carbocycles. The summed E-state index contributed by atoms with van der Waals surface area (Å²) < 4.78 is 0. The SMILES string of the molecule is CC1CCC(/C=C/Br)CC1. The third-order valence-electron chi connectivity index (χ3n) is 2.41. The van der Waals surface area contributed by atoms with Gasteiger partial charge in [0.2, 0.25) is 0 Å². The molecule has 0 spiro atoms. The van der Waals surface area contributed by atoms with Gasteiger partial charge in [-0.2, -0.15) is 0 Å². The van der Waals surface area contributed by atoms with Crippen molar-refractivity contribution in [3.05, 3.63) is 11.1 Å². The Morgan fingerprint density at radius 2 is 1.80 bits per heavy atom. The normalized spacial score (nSPS) is 35.0. The van der Waals surface area contributed by atoms with Crippen LogP contribution in [0.15, 0.2) is 11.1 Å². The van der Waals surface area contributed by atoms with Crippen LogP contribution in [0.2, 0.25) is 0 Å². The van der Waals surface area contributed by atoms with Crippen molar-refractivity contribution in [3.8, 4) is 0 Å². The fourth-order valence-electron chi connectivity index (χ4n) is 1.58. The van der Waals surface area contributed by atoms with E-state index in [1.807, 2.05) is 4.99 Å². The lowest BCUT2D eigenvalue weighted by molar-refractivity contribution is 0.331. The van der Waals surface area contributed by atoms with Crippen molar-refractivity contribution >= 4 is 15.9 Å². The summed E-state index contributed by atoms with van der Waals surface area (Å²) in [7, 11) is 0. The Morgan fingerprint density at radius 1 is 1.20 bits per heavy atom. The molecule has 0 nitrogen and oxygen atoms in total. The van der Waals surface area contributed by atoms with Gasteiger partial charge in [0.05, 0.1) is 0 Å². The molecule has 0 radical (unpaired) electrons. The lowest BCUT2D eigenvalue weighted by atomic mass is 9.83. The van der Waals surface area contributed by atoms with E-state index in [2.05, 4.69) is 28.9 Å². The molecule has 0 aromatic rings. The first-order valence-corrected chi connectivity index (χ1v) is 5.01. The van der Waals surface area contributed by atoms with E-state index in [1.165, 1.54) is 25.7 Å². The van der Waals surface area contributed by atoms with Crippen molar-refractivity contribution in [1.82, 2.24) is 0 Å². The van der Waals surface area contributed by atoms with E-state index in [9.17, 15) is 0 Å². The number of halogens is 1. The standard InChI is InChI=1S/C9H15Br/c1-8-2-4-9(5-3-8)6-7-10/h6-9H,2-5H2,1H3/b7-6+. The highest BCUT2D eigenvalue weighted by Gasteiger charge is 2.14. The molecular weight excluding hydrogens is 188 g/mol. The summed E-state index contributed by atoms with van der Waals surface area (Å²) in [5, 5.41) is 0. The Bertz CT molecular complexity index is 110. The summed E-state index contributed by atoms with van der Waals surface area (Å²) in [6.07, 6.45) is 7.91. The van der Waals surface area contributed by atoms with Gasteiger partial charge in [0.15, 0.2) is 0 Å². The summed E-state index contributed by atoms with van der Waals surface area (Å²) in [6, 6.07) is 0. The highest BCUT2D eigenvalue weighted by atomic mass is 79.9. The second kappa shape index (κ2) is 4.17. The van der Waals surface area contributed by atoms with Crippen molar-refractivity contribution < 1.29 is 0 Å². The van der Waals surface area contributed by atoms with Crippen LogP contribution in [0.1, 0.15) is 32.6 Å². The van der Waals surface area contributed by atoms with Crippen LogP contribution in [0.4, 0.5) is 0 Å². The van der Waals surface area contributed by atoms with Gasteiger partial charge in [-0.15, -0.1) is 0 Å². The van der Waals surface area contributed by atoms with Crippen LogP contribution in [-0.2, 0) is 0 Å². The minimum atomic E-state index is 0.857. The molecule has 0 atom stereocenters. The molecule has 1 heteroatoms. The molecule has 10 heavy (non-hydrogen) atoms. The number of rotatable bonds is 1. The summed E-state index contributed by atoms with van der Waals surface area (Å²) >= 11 is 3.32. The van der Waals surface area contributed by atoms with Gasteiger partial charge in [-0.1, -0.05) is 41.8 Å². The van der Waals surface area contributed by atoms with Crippen LogP contribution >= 0.6 is 15.9 Å². The molecule has 58 valence electrons. The maximum atomic E-state index is 3.32. The third-order valence-corrected chi connectivity index (χ3v) is 2.71. The molecule has 1 rings (SSSR count). The second-order valence-electron chi connectivity index (χ2n) is 3.34. The number of hydrogen-bond acceptors (Lipinski definition) is 0. The van der Waals surface area contributed by atoms with Crippen LogP contribution in [0, 0.1) is 11.8 Å². The molecule has 1 aliphatic rings. The maximum Gasteiger partial charge on any atom is -0.0225 e. The first-order chi connectivity index (χ1) is 4.83. The zero-order chi connectivity index (χ0) is 7.40. The summed E-state index contributed by atoms with van der Waals surface area (Å²) in [5.41, 5.74) is 0. The summed E-state index contributed by atoms with van der Waals surface area (Å²) in [5.74, 6) is 1.83. The largest absolute Gasteiger partial charge is 0.0745 e. The van der Waals surface area contributed by atoms with E-state index < -0.39 is 0 Å². The lowest BCUT2D eigenvalue weighted by Gasteiger charge is -2.23. The first kappa shape index (κ1) is 8.32. The van der Waals surface area contributed by atoms with Crippen molar-refractivity contribution in [3.63, 3.8) is 0 Å². The van der Waals surface area contributed by atoms with E-state index in [0.717, 1.165) is 11.8 Å². The maximum absolute atomic E-state index is 3.32. The molecule has 0 heterocycles. The fourth-order valence-corrected chi connectivity index (χ4v) is 2.01. The predicted octanol–water partition coefficient (Wildman–Crippen LogP) is 3.72. The molecule has 0 aromatic heterocycles. The molecule has 0 unspecified atom stereocenters. The van der Waals surface area contributed by atoms with Gasteiger partial charge >= 0.3 is 0 Å². The number of hydrogen-bond donors (Lipinski definition) is 0. The van der Waals surface area contributed by atoms with Gasteiger partial charge in [0, 0.05) is 0 Å². The predicted molar refractivity (Wildman–Crippen MR) is 49.2 cm³/mol. The van der Waals surface area contributed by atoms with E-state index in [-0.39, 0.29) is 0 Å². The van der Waals surface area contributed by atoms with Crippen LogP contribution < -0.4 is 0 Å². The average molecular weight is 203 g/mol. The molecule has 0 aromatic carbocycles. The van der Waals surface area contributed by atoms with Crippen LogP contribution in [0.5, 0.6) is 0 Å². The molecule has 0 aliphatic heterocycles. The van der Waals surface area contributed by atoms with E-state index in [1.54, 1.807) is 0 Å². The smallest absolute Gasteiger partial charge is 0.0225 e. The van der Waals surface area contributed by atoms with Gasteiger partial charge in [-0.3, -0.25) is 0 Å². The highest BCUT2D eigenvalue weighted by molar-refractivity contribution is 9.11. The van der Waals surface area contributed by atoms with Gasteiger partial charge in [0.1, 0.15) is 0 Å². The van der Waals surface area contributed by atoms with Crippen LogP contribution in [-0.4, -0.2) is 0 Å². The molecule has 1 saturated carbocycles. The first-order valence-electron chi connectivity index (χ1n) is 4.10. The lowest BCUT2D eigenvalue weighted by Crippen LogP contribution is -2.09. The van der Waals surface area contributed by atoms with Gasteiger partial charge in [-0.05, 0) is 29.7 Å². The zero-order valence-electron chi connectivity index (χ0n) is 6.52. The van der Waals surface area contributed by atoms with Gasteiger partial charge in [0.25, 0.3) is 0 Å². The Hall–Kier alpha value is 0.220. The highest BCUT2D eigenvalue weighted by Crippen LogP contribution is 2.28. The second-order valence-corrected chi connectivity index (χ2v) is 3.87. The Labute approximate surface area is 71.8 Å². The van der Waals surface area contributed by atoms with Gasteiger partial charge in [-0.25, -0.2) is 0 Å².